The highest BCUT2D eigenvalue weighted by molar-refractivity contribution is 7.09. The Morgan fingerprint density at radius 2 is 1.96 bits per heavy atom. The van der Waals surface area contributed by atoms with Crippen LogP contribution in [-0.2, 0) is 6.54 Å². The van der Waals surface area contributed by atoms with Gasteiger partial charge in [-0.2, -0.15) is 0 Å². The number of benzene rings is 1. The molecule has 1 aromatic carbocycles. The summed E-state index contributed by atoms with van der Waals surface area (Å²) in [5, 5.41) is 5.29. The topological polar surface area (TPSA) is 58.1 Å². The van der Waals surface area contributed by atoms with Crippen LogP contribution in [0.1, 0.15) is 28.1 Å². The highest BCUT2D eigenvalue weighted by atomic mass is 32.1. The molecule has 1 N–H and O–H groups in total. The van der Waals surface area contributed by atoms with Gasteiger partial charge in [0, 0.05) is 48.5 Å². The van der Waals surface area contributed by atoms with Gasteiger partial charge in [-0.05, 0) is 42.5 Å². The van der Waals surface area contributed by atoms with Gasteiger partial charge in [0.2, 0.25) is 0 Å². The van der Waals surface area contributed by atoms with Gasteiger partial charge in [-0.25, -0.2) is 0 Å². The van der Waals surface area contributed by atoms with Gasteiger partial charge in [0.15, 0.2) is 0 Å². The van der Waals surface area contributed by atoms with E-state index in [4.69, 9.17) is 0 Å². The minimum atomic E-state index is -0.0238. The van der Waals surface area contributed by atoms with Gasteiger partial charge >= 0.3 is 0 Å². The molecule has 0 atom stereocenters. The maximum Gasteiger partial charge on any atom is 0.251 e. The average Bonchev–Trinajstić information content (AvgIpc) is 3.16. The Bertz CT molecular complexity index is 857. The number of fused-ring (bicyclic) bond motifs is 1. The van der Waals surface area contributed by atoms with E-state index < -0.39 is 0 Å². The van der Waals surface area contributed by atoms with Crippen LogP contribution in [0.2, 0.25) is 0 Å². The van der Waals surface area contributed by atoms with Crippen LogP contribution in [0.5, 0.6) is 0 Å². The van der Waals surface area contributed by atoms with Crippen LogP contribution < -0.4 is 5.32 Å². The van der Waals surface area contributed by atoms with E-state index in [2.05, 4.69) is 37.7 Å². The SMILES string of the molecule is O=C(NC1CCN(Cc2cccs2)CC1)c1ccc2nccnc2c1. The zero-order valence-corrected chi connectivity index (χ0v) is 14.7. The van der Waals surface area contributed by atoms with Crippen molar-refractivity contribution in [3.05, 3.63) is 58.5 Å². The van der Waals surface area contributed by atoms with Gasteiger partial charge in [-0.15, -0.1) is 11.3 Å². The minimum Gasteiger partial charge on any atom is -0.349 e. The summed E-state index contributed by atoms with van der Waals surface area (Å²) < 4.78 is 0. The molecule has 0 spiro atoms. The number of nitrogens with one attached hydrogen (secondary N) is 1. The number of amides is 1. The molecule has 0 saturated carbocycles. The molecule has 1 saturated heterocycles. The van der Waals surface area contributed by atoms with Crippen molar-refractivity contribution in [3.8, 4) is 0 Å². The van der Waals surface area contributed by atoms with E-state index in [1.807, 2.05) is 18.2 Å². The molecule has 6 heteroatoms. The number of piperidine rings is 1. The monoisotopic (exact) mass is 352 g/mol. The molecule has 1 fully saturated rings. The van der Waals surface area contributed by atoms with Crippen LogP contribution in [-0.4, -0.2) is 39.9 Å². The van der Waals surface area contributed by atoms with Gasteiger partial charge in [0.1, 0.15) is 0 Å². The highest BCUT2D eigenvalue weighted by Crippen LogP contribution is 2.17. The molecular formula is C19H20N4OS. The number of rotatable bonds is 4. The van der Waals surface area contributed by atoms with E-state index in [0.717, 1.165) is 43.5 Å². The van der Waals surface area contributed by atoms with Gasteiger partial charge in [0.05, 0.1) is 11.0 Å². The zero-order valence-electron chi connectivity index (χ0n) is 13.9. The first-order chi connectivity index (χ1) is 12.3. The Morgan fingerprint density at radius 1 is 1.16 bits per heavy atom. The van der Waals surface area contributed by atoms with Crippen molar-refractivity contribution in [2.24, 2.45) is 0 Å². The Balaban J connectivity index is 1.33. The van der Waals surface area contributed by atoms with Crippen LogP contribution in [0.4, 0.5) is 0 Å². The summed E-state index contributed by atoms with van der Waals surface area (Å²) in [6.07, 6.45) is 5.29. The number of aromatic nitrogens is 2. The van der Waals surface area contributed by atoms with Crippen LogP contribution in [0, 0.1) is 0 Å². The average molecular weight is 352 g/mol. The van der Waals surface area contributed by atoms with Crippen molar-refractivity contribution in [1.29, 1.82) is 0 Å². The fourth-order valence-corrected chi connectivity index (χ4v) is 3.98. The number of nitrogens with zero attached hydrogens (tertiary/aromatic N) is 3. The van der Waals surface area contributed by atoms with Crippen molar-refractivity contribution >= 4 is 28.3 Å². The summed E-state index contributed by atoms with van der Waals surface area (Å²) in [7, 11) is 0. The summed E-state index contributed by atoms with van der Waals surface area (Å²) in [4.78, 5) is 24.9. The predicted molar refractivity (Wildman–Crippen MR) is 99.6 cm³/mol. The first-order valence-corrected chi connectivity index (χ1v) is 9.42. The number of carbonyl (C=O) groups excluding carboxylic acids is 1. The zero-order chi connectivity index (χ0) is 17.1. The maximum atomic E-state index is 12.5. The van der Waals surface area contributed by atoms with Crippen molar-refractivity contribution < 1.29 is 4.79 Å². The lowest BCUT2D eigenvalue weighted by Gasteiger charge is -2.32. The minimum absolute atomic E-state index is 0.0238. The lowest BCUT2D eigenvalue weighted by molar-refractivity contribution is 0.0909. The molecule has 128 valence electrons. The van der Waals surface area contributed by atoms with Crippen molar-refractivity contribution in [2.45, 2.75) is 25.4 Å². The van der Waals surface area contributed by atoms with E-state index >= 15 is 0 Å². The summed E-state index contributed by atoms with van der Waals surface area (Å²) in [6.45, 7) is 3.06. The second-order valence-electron chi connectivity index (χ2n) is 6.36. The molecule has 3 aromatic rings. The molecular weight excluding hydrogens is 332 g/mol. The van der Waals surface area contributed by atoms with Crippen molar-refractivity contribution in [3.63, 3.8) is 0 Å². The lowest BCUT2D eigenvalue weighted by Crippen LogP contribution is -2.44. The lowest BCUT2D eigenvalue weighted by atomic mass is 10.0. The van der Waals surface area contributed by atoms with E-state index in [1.54, 1.807) is 23.7 Å². The molecule has 2 aromatic heterocycles. The van der Waals surface area contributed by atoms with Gasteiger partial charge in [0.25, 0.3) is 5.91 Å². The van der Waals surface area contributed by atoms with E-state index in [-0.39, 0.29) is 11.9 Å². The second-order valence-corrected chi connectivity index (χ2v) is 7.40. The maximum absolute atomic E-state index is 12.5. The van der Waals surface area contributed by atoms with Crippen molar-refractivity contribution in [1.82, 2.24) is 20.2 Å². The largest absolute Gasteiger partial charge is 0.349 e. The molecule has 1 amide bonds. The molecule has 1 aliphatic heterocycles. The number of thiophene rings is 1. The summed E-state index contributed by atoms with van der Waals surface area (Å²) >= 11 is 1.80. The van der Waals surface area contributed by atoms with E-state index in [1.165, 1.54) is 4.88 Å². The smallest absolute Gasteiger partial charge is 0.251 e. The molecule has 0 bridgehead atoms. The number of likely N-dealkylation sites (tertiary alicyclic amines) is 1. The fourth-order valence-electron chi connectivity index (χ4n) is 3.23. The molecule has 5 nitrogen and oxygen atoms in total. The number of hydrogen-bond donors (Lipinski definition) is 1. The summed E-state index contributed by atoms with van der Waals surface area (Å²) in [6, 6.07) is 10.00. The quantitative estimate of drug-likeness (QED) is 0.784. The Morgan fingerprint density at radius 3 is 2.72 bits per heavy atom. The standard InChI is InChI=1S/C19H20N4OS/c24-19(14-3-4-17-18(12-14)21-8-7-20-17)22-15-5-9-23(10-6-15)13-16-2-1-11-25-16/h1-4,7-8,11-12,15H,5-6,9-10,13H2,(H,22,24). The van der Waals surface area contributed by atoms with Crippen LogP contribution in [0.15, 0.2) is 48.1 Å². The second kappa shape index (κ2) is 7.29. The van der Waals surface area contributed by atoms with Crippen LogP contribution >= 0.6 is 11.3 Å². The molecule has 25 heavy (non-hydrogen) atoms. The Labute approximate surface area is 150 Å². The summed E-state index contributed by atoms with van der Waals surface area (Å²) in [5.41, 5.74) is 2.20. The molecule has 0 aliphatic carbocycles. The predicted octanol–water partition coefficient (Wildman–Crippen LogP) is 3.09. The fraction of sp³-hybridized carbons (Fsp3) is 0.316. The highest BCUT2D eigenvalue weighted by Gasteiger charge is 2.21. The molecule has 3 heterocycles. The third-order valence-corrected chi connectivity index (χ3v) is 5.48. The number of carbonyl (C=O) groups is 1. The van der Waals surface area contributed by atoms with Crippen LogP contribution in [0.25, 0.3) is 11.0 Å². The van der Waals surface area contributed by atoms with E-state index in [0.29, 0.717) is 5.56 Å². The molecule has 4 rings (SSSR count). The molecule has 1 aliphatic rings. The normalized spacial score (nSPS) is 16.2. The third kappa shape index (κ3) is 3.86. The van der Waals surface area contributed by atoms with Gasteiger partial charge < -0.3 is 5.32 Å². The van der Waals surface area contributed by atoms with E-state index in [9.17, 15) is 4.79 Å². The molecule has 0 radical (unpaired) electrons. The Hall–Kier alpha value is -2.31. The Kier molecular flexibility index (Phi) is 4.72. The van der Waals surface area contributed by atoms with Crippen molar-refractivity contribution in [2.75, 3.05) is 13.1 Å². The first kappa shape index (κ1) is 16.2. The molecule has 0 unspecified atom stereocenters. The summed E-state index contributed by atoms with van der Waals surface area (Å²) in [5.74, 6) is -0.0238. The van der Waals surface area contributed by atoms with Crippen LogP contribution in [0.3, 0.4) is 0 Å². The van der Waals surface area contributed by atoms with Gasteiger partial charge in [-0.3, -0.25) is 19.7 Å². The third-order valence-electron chi connectivity index (χ3n) is 4.61. The number of hydrogen-bond acceptors (Lipinski definition) is 5. The first-order valence-electron chi connectivity index (χ1n) is 8.54. The van der Waals surface area contributed by atoms with Gasteiger partial charge in [-0.1, -0.05) is 6.07 Å².